The highest BCUT2D eigenvalue weighted by Crippen LogP contribution is 2.04. The molecule has 0 aliphatic heterocycles. The molecule has 0 radical (unpaired) electrons. The second-order valence-electron chi connectivity index (χ2n) is 5.25. The number of amides is 1. The fourth-order valence-electron chi connectivity index (χ4n) is 1.66. The van der Waals surface area contributed by atoms with Crippen molar-refractivity contribution in [1.29, 1.82) is 0 Å². The number of rotatable bonds is 7. The molecule has 112 valence electrons. The van der Waals surface area contributed by atoms with Crippen LogP contribution in [-0.4, -0.2) is 39.2 Å². The predicted octanol–water partition coefficient (Wildman–Crippen LogP) is 0.542. The molecule has 0 fully saturated rings. The van der Waals surface area contributed by atoms with Crippen LogP contribution in [0.15, 0.2) is 30.3 Å². The Bertz CT molecular complexity index is 541. The normalized spacial score (nSPS) is 11.9. The van der Waals surface area contributed by atoms with Gasteiger partial charge >= 0.3 is 0 Å². The third-order valence-electron chi connectivity index (χ3n) is 2.42. The Kier molecular flexibility index (Phi) is 5.52. The molecule has 7 heteroatoms. The standard InChI is InChI=1S/C13H21N3O3S/c1-13(2,16-20(3,18)19)10-15-12(17)9-14-11-7-5-4-6-8-11/h4-8,14,16H,9-10H2,1-3H3,(H,15,17). The molecule has 0 aliphatic rings. The topological polar surface area (TPSA) is 87.3 Å². The highest BCUT2D eigenvalue weighted by atomic mass is 32.2. The number of benzene rings is 1. The lowest BCUT2D eigenvalue weighted by atomic mass is 10.1. The molecule has 0 spiro atoms. The number of sulfonamides is 1. The minimum Gasteiger partial charge on any atom is -0.376 e. The lowest BCUT2D eigenvalue weighted by Gasteiger charge is -2.25. The quantitative estimate of drug-likeness (QED) is 0.686. The summed E-state index contributed by atoms with van der Waals surface area (Å²) in [5.41, 5.74) is 0.131. The highest BCUT2D eigenvalue weighted by molar-refractivity contribution is 7.88. The van der Waals surface area contributed by atoms with Crippen molar-refractivity contribution in [3.63, 3.8) is 0 Å². The van der Waals surface area contributed by atoms with Crippen LogP contribution in [0.5, 0.6) is 0 Å². The number of anilines is 1. The number of nitrogens with one attached hydrogen (secondary N) is 3. The summed E-state index contributed by atoms with van der Waals surface area (Å²) < 4.78 is 24.8. The molecule has 0 unspecified atom stereocenters. The molecule has 1 amide bonds. The molecule has 6 nitrogen and oxygen atoms in total. The Morgan fingerprint density at radius 3 is 2.35 bits per heavy atom. The van der Waals surface area contributed by atoms with Gasteiger partial charge in [-0.1, -0.05) is 18.2 Å². The summed E-state index contributed by atoms with van der Waals surface area (Å²) in [5, 5.41) is 5.67. The van der Waals surface area contributed by atoms with Crippen molar-refractivity contribution < 1.29 is 13.2 Å². The van der Waals surface area contributed by atoms with Crippen LogP contribution in [0.3, 0.4) is 0 Å². The van der Waals surface area contributed by atoms with Crippen LogP contribution in [0.25, 0.3) is 0 Å². The molecule has 0 saturated carbocycles. The van der Waals surface area contributed by atoms with E-state index >= 15 is 0 Å². The van der Waals surface area contributed by atoms with E-state index in [2.05, 4.69) is 15.4 Å². The maximum Gasteiger partial charge on any atom is 0.239 e. The first-order valence-electron chi connectivity index (χ1n) is 6.22. The van der Waals surface area contributed by atoms with E-state index < -0.39 is 15.6 Å². The van der Waals surface area contributed by atoms with Crippen LogP contribution >= 0.6 is 0 Å². The Morgan fingerprint density at radius 2 is 1.80 bits per heavy atom. The van der Waals surface area contributed by atoms with E-state index in [1.807, 2.05) is 30.3 Å². The van der Waals surface area contributed by atoms with Gasteiger partial charge in [0.25, 0.3) is 0 Å². The van der Waals surface area contributed by atoms with E-state index in [0.29, 0.717) is 0 Å². The summed E-state index contributed by atoms with van der Waals surface area (Å²) in [4.78, 5) is 11.7. The summed E-state index contributed by atoms with van der Waals surface area (Å²) in [5.74, 6) is -0.197. The zero-order valence-corrected chi connectivity index (χ0v) is 12.8. The molecule has 1 rings (SSSR count). The SMILES string of the molecule is CC(C)(CNC(=O)CNc1ccccc1)NS(C)(=O)=O. The van der Waals surface area contributed by atoms with E-state index in [1.165, 1.54) is 0 Å². The van der Waals surface area contributed by atoms with E-state index in [9.17, 15) is 13.2 Å². The first kappa shape index (κ1) is 16.5. The summed E-state index contributed by atoms with van der Waals surface area (Å²) in [7, 11) is -3.30. The maximum atomic E-state index is 11.7. The van der Waals surface area contributed by atoms with Gasteiger partial charge in [0.2, 0.25) is 15.9 Å². The molecule has 0 atom stereocenters. The van der Waals surface area contributed by atoms with E-state index in [1.54, 1.807) is 13.8 Å². The van der Waals surface area contributed by atoms with E-state index in [0.717, 1.165) is 11.9 Å². The molecule has 0 saturated heterocycles. The molecular formula is C13H21N3O3S. The van der Waals surface area contributed by atoms with Gasteiger partial charge in [0.05, 0.1) is 12.8 Å². The first-order chi connectivity index (χ1) is 9.18. The number of hydrogen-bond donors (Lipinski definition) is 3. The molecule has 1 aromatic rings. The third kappa shape index (κ3) is 7.10. The number of para-hydroxylation sites is 1. The Morgan fingerprint density at radius 1 is 1.20 bits per heavy atom. The minimum atomic E-state index is -3.30. The highest BCUT2D eigenvalue weighted by Gasteiger charge is 2.22. The van der Waals surface area contributed by atoms with Crippen molar-refractivity contribution in [2.75, 3.05) is 24.7 Å². The second kappa shape index (κ2) is 6.71. The minimum absolute atomic E-state index is 0.138. The summed E-state index contributed by atoms with van der Waals surface area (Å²) in [6.07, 6.45) is 1.09. The summed E-state index contributed by atoms with van der Waals surface area (Å²) >= 11 is 0. The van der Waals surface area contributed by atoms with Crippen LogP contribution in [0.2, 0.25) is 0 Å². The Balaban J connectivity index is 2.36. The van der Waals surface area contributed by atoms with Gasteiger partial charge in [0.1, 0.15) is 0 Å². The molecule has 0 bridgehead atoms. The van der Waals surface area contributed by atoms with Gasteiger partial charge in [-0.3, -0.25) is 4.79 Å². The van der Waals surface area contributed by atoms with Crippen molar-refractivity contribution in [2.24, 2.45) is 0 Å². The number of carbonyl (C=O) groups excluding carboxylic acids is 1. The zero-order valence-electron chi connectivity index (χ0n) is 11.9. The third-order valence-corrected chi connectivity index (χ3v) is 3.34. The molecule has 1 aromatic carbocycles. The smallest absolute Gasteiger partial charge is 0.239 e. The maximum absolute atomic E-state index is 11.7. The van der Waals surface area contributed by atoms with Crippen LogP contribution in [0, 0.1) is 0 Å². The molecule has 0 aliphatic carbocycles. The fraction of sp³-hybridized carbons (Fsp3) is 0.462. The van der Waals surface area contributed by atoms with Gasteiger partial charge in [-0.25, -0.2) is 13.1 Å². The second-order valence-corrected chi connectivity index (χ2v) is 7.00. The van der Waals surface area contributed by atoms with Crippen LogP contribution < -0.4 is 15.4 Å². The average Bonchev–Trinajstić information content (AvgIpc) is 2.32. The molecule has 0 heterocycles. The lowest BCUT2D eigenvalue weighted by Crippen LogP contribution is -2.51. The lowest BCUT2D eigenvalue weighted by molar-refractivity contribution is -0.119. The fourth-order valence-corrected chi connectivity index (χ4v) is 2.73. The predicted molar refractivity (Wildman–Crippen MR) is 80.0 cm³/mol. The van der Waals surface area contributed by atoms with Gasteiger partial charge in [0, 0.05) is 17.8 Å². The summed E-state index contributed by atoms with van der Waals surface area (Å²) in [6.45, 7) is 3.77. The van der Waals surface area contributed by atoms with Gasteiger partial charge in [0.15, 0.2) is 0 Å². The van der Waals surface area contributed by atoms with Gasteiger partial charge in [-0.05, 0) is 26.0 Å². The molecule has 3 N–H and O–H groups in total. The van der Waals surface area contributed by atoms with Crippen molar-refractivity contribution in [2.45, 2.75) is 19.4 Å². The number of carbonyl (C=O) groups is 1. The van der Waals surface area contributed by atoms with E-state index in [-0.39, 0.29) is 19.0 Å². The van der Waals surface area contributed by atoms with Crippen LogP contribution in [-0.2, 0) is 14.8 Å². The zero-order chi connectivity index (χ0) is 15.2. The van der Waals surface area contributed by atoms with Gasteiger partial charge in [-0.15, -0.1) is 0 Å². The van der Waals surface area contributed by atoms with Gasteiger partial charge in [-0.2, -0.15) is 0 Å². The van der Waals surface area contributed by atoms with Crippen LogP contribution in [0.1, 0.15) is 13.8 Å². The van der Waals surface area contributed by atoms with Crippen molar-refractivity contribution in [3.05, 3.63) is 30.3 Å². The Labute approximate surface area is 120 Å². The number of hydrogen-bond acceptors (Lipinski definition) is 4. The van der Waals surface area contributed by atoms with Crippen molar-refractivity contribution in [3.8, 4) is 0 Å². The van der Waals surface area contributed by atoms with Crippen LogP contribution in [0.4, 0.5) is 5.69 Å². The molecular weight excluding hydrogens is 278 g/mol. The molecule has 20 heavy (non-hydrogen) atoms. The van der Waals surface area contributed by atoms with Gasteiger partial charge < -0.3 is 10.6 Å². The average molecular weight is 299 g/mol. The van der Waals surface area contributed by atoms with Crippen molar-refractivity contribution in [1.82, 2.24) is 10.0 Å². The first-order valence-corrected chi connectivity index (χ1v) is 8.12. The Hall–Kier alpha value is -1.60. The summed E-state index contributed by atoms with van der Waals surface area (Å²) in [6, 6.07) is 9.37. The monoisotopic (exact) mass is 299 g/mol. The largest absolute Gasteiger partial charge is 0.376 e. The molecule has 0 aromatic heterocycles. The van der Waals surface area contributed by atoms with Crippen molar-refractivity contribution >= 4 is 21.6 Å². The van der Waals surface area contributed by atoms with E-state index in [4.69, 9.17) is 0 Å².